The molecule has 0 spiro atoms. The minimum absolute atomic E-state index is 0.217. The Kier molecular flexibility index (Phi) is 4.12. The van der Waals surface area contributed by atoms with Gasteiger partial charge in [0.2, 0.25) is 0 Å². The molecule has 0 amide bonds. The summed E-state index contributed by atoms with van der Waals surface area (Å²) in [6.45, 7) is 4.89. The Balaban J connectivity index is 1.82. The summed E-state index contributed by atoms with van der Waals surface area (Å²) in [6, 6.07) is 2.76. The van der Waals surface area contributed by atoms with Gasteiger partial charge in [0.05, 0.1) is 11.0 Å². The number of aryl methyl sites for hydroxylation is 1. The van der Waals surface area contributed by atoms with Crippen molar-refractivity contribution in [2.45, 2.75) is 51.1 Å². The quantitative estimate of drug-likeness (QED) is 0.818. The topological polar surface area (TPSA) is 51.1 Å². The van der Waals surface area contributed by atoms with Crippen molar-refractivity contribution in [2.24, 2.45) is 0 Å². The molecule has 5 heteroatoms. The van der Waals surface area contributed by atoms with E-state index in [0.29, 0.717) is 12.6 Å². The van der Waals surface area contributed by atoms with E-state index in [1.54, 1.807) is 13.8 Å². The fraction of sp³-hybridized carbons (Fsp3) is 0.692. The third kappa shape index (κ3) is 3.85. The van der Waals surface area contributed by atoms with Gasteiger partial charge in [0.25, 0.3) is 0 Å². The van der Waals surface area contributed by atoms with Crippen LogP contribution in [0.5, 0.6) is 0 Å². The lowest BCUT2D eigenvalue weighted by molar-refractivity contribution is 0.580. The Labute approximate surface area is 109 Å². The molecule has 0 atom stereocenters. The van der Waals surface area contributed by atoms with Gasteiger partial charge in [0.15, 0.2) is 9.84 Å². The molecule has 0 radical (unpaired) electrons. The minimum Gasteiger partial charge on any atom is -0.353 e. The van der Waals surface area contributed by atoms with E-state index in [4.69, 9.17) is 0 Å². The van der Waals surface area contributed by atoms with E-state index in [9.17, 15) is 8.42 Å². The Bertz CT molecular complexity index is 487. The summed E-state index contributed by atoms with van der Waals surface area (Å²) in [4.78, 5) is 0. The molecule has 0 unspecified atom stereocenters. The zero-order chi connectivity index (χ0) is 13.2. The van der Waals surface area contributed by atoms with E-state index >= 15 is 0 Å². The second-order valence-corrected chi connectivity index (χ2v) is 8.01. The lowest BCUT2D eigenvalue weighted by Crippen LogP contribution is -2.20. The molecule has 1 N–H and O–H groups in total. The van der Waals surface area contributed by atoms with Crippen molar-refractivity contribution in [3.05, 3.63) is 24.0 Å². The van der Waals surface area contributed by atoms with Crippen molar-refractivity contribution < 1.29 is 8.42 Å². The van der Waals surface area contributed by atoms with Crippen molar-refractivity contribution in [1.82, 2.24) is 9.88 Å². The van der Waals surface area contributed by atoms with Crippen LogP contribution in [0.2, 0.25) is 0 Å². The second kappa shape index (κ2) is 5.45. The van der Waals surface area contributed by atoms with E-state index in [-0.39, 0.29) is 11.0 Å². The molecule has 1 aliphatic carbocycles. The summed E-state index contributed by atoms with van der Waals surface area (Å²) >= 11 is 0. The Morgan fingerprint density at radius 3 is 2.78 bits per heavy atom. The van der Waals surface area contributed by atoms with E-state index in [1.807, 2.05) is 17.0 Å². The van der Waals surface area contributed by atoms with Crippen molar-refractivity contribution in [1.29, 1.82) is 0 Å². The smallest absolute Gasteiger partial charge is 0.154 e. The van der Waals surface area contributed by atoms with Gasteiger partial charge < -0.3 is 9.88 Å². The van der Waals surface area contributed by atoms with Crippen LogP contribution in [-0.4, -0.2) is 30.0 Å². The van der Waals surface area contributed by atoms with Crippen molar-refractivity contribution >= 4 is 9.84 Å². The molecule has 4 nitrogen and oxygen atoms in total. The predicted octanol–water partition coefficient (Wildman–Crippen LogP) is 1.56. The lowest BCUT2D eigenvalue weighted by atomic mass is 10.3. The third-order valence-electron chi connectivity index (χ3n) is 3.34. The molecule has 1 aromatic rings. The van der Waals surface area contributed by atoms with Gasteiger partial charge in [-0.1, -0.05) is 0 Å². The highest BCUT2D eigenvalue weighted by Crippen LogP contribution is 2.19. The first-order chi connectivity index (χ1) is 8.47. The molecule has 0 aliphatic heterocycles. The molecule has 1 heterocycles. The van der Waals surface area contributed by atoms with Crippen LogP contribution < -0.4 is 5.32 Å². The molecule has 1 saturated carbocycles. The van der Waals surface area contributed by atoms with Crippen molar-refractivity contribution in [3.63, 3.8) is 0 Å². The third-order valence-corrected chi connectivity index (χ3v) is 5.52. The molecule has 1 aliphatic rings. The van der Waals surface area contributed by atoms with Gasteiger partial charge in [0, 0.05) is 31.5 Å². The number of hydrogen-bond acceptors (Lipinski definition) is 3. The van der Waals surface area contributed by atoms with Crippen LogP contribution in [0.3, 0.4) is 0 Å². The summed E-state index contributed by atoms with van der Waals surface area (Å²) in [6.07, 6.45) is 6.56. The number of sulfone groups is 1. The Hall–Kier alpha value is -0.810. The first-order valence-electron chi connectivity index (χ1n) is 6.57. The van der Waals surface area contributed by atoms with Crippen LogP contribution in [0, 0.1) is 0 Å². The number of rotatable bonds is 7. The molecule has 0 bridgehead atoms. The monoisotopic (exact) mass is 270 g/mol. The lowest BCUT2D eigenvalue weighted by Gasteiger charge is -2.08. The Morgan fingerprint density at radius 1 is 1.44 bits per heavy atom. The molecular weight excluding hydrogens is 248 g/mol. The average molecular weight is 270 g/mol. The molecular formula is C13H22N2O2S. The van der Waals surface area contributed by atoms with Crippen LogP contribution in [0.1, 0.15) is 32.3 Å². The molecule has 1 fully saturated rings. The highest BCUT2D eigenvalue weighted by Gasteiger charge is 2.20. The van der Waals surface area contributed by atoms with Gasteiger partial charge in [-0.15, -0.1) is 0 Å². The molecule has 0 aromatic carbocycles. The summed E-state index contributed by atoms with van der Waals surface area (Å²) < 4.78 is 25.4. The van der Waals surface area contributed by atoms with Gasteiger partial charge in [-0.05, 0) is 38.3 Å². The van der Waals surface area contributed by atoms with Gasteiger partial charge in [-0.25, -0.2) is 8.42 Å². The number of aromatic nitrogens is 1. The van der Waals surface area contributed by atoms with Gasteiger partial charge in [0.1, 0.15) is 0 Å². The zero-order valence-electron chi connectivity index (χ0n) is 11.1. The van der Waals surface area contributed by atoms with E-state index < -0.39 is 9.84 Å². The van der Waals surface area contributed by atoms with Crippen molar-refractivity contribution in [2.75, 3.05) is 5.75 Å². The molecule has 102 valence electrons. The highest BCUT2D eigenvalue weighted by atomic mass is 32.2. The summed E-state index contributed by atoms with van der Waals surface area (Å²) in [5.74, 6) is 0.217. The maximum Gasteiger partial charge on any atom is 0.154 e. The SMILES string of the molecule is CC(C)S(=O)(=O)CCn1ccc(CNC2CC2)c1. The molecule has 0 saturated heterocycles. The standard InChI is InChI=1S/C13H22N2O2S/c1-11(2)18(16,17)8-7-15-6-5-12(10-15)9-14-13-3-4-13/h5-6,10-11,13-14H,3-4,7-9H2,1-2H3. The first kappa shape index (κ1) is 13.6. The average Bonchev–Trinajstić information content (AvgIpc) is 3.03. The van der Waals surface area contributed by atoms with Gasteiger partial charge in [-0.3, -0.25) is 0 Å². The van der Waals surface area contributed by atoms with Gasteiger partial charge >= 0.3 is 0 Å². The van der Waals surface area contributed by atoms with Crippen LogP contribution in [0.25, 0.3) is 0 Å². The van der Waals surface area contributed by atoms with Crippen LogP contribution in [-0.2, 0) is 22.9 Å². The second-order valence-electron chi connectivity index (χ2n) is 5.33. The summed E-state index contributed by atoms with van der Waals surface area (Å²) in [5.41, 5.74) is 1.23. The molecule has 2 rings (SSSR count). The Morgan fingerprint density at radius 2 is 2.17 bits per heavy atom. The normalized spacial score (nSPS) is 16.4. The van der Waals surface area contributed by atoms with Crippen LogP contribution in [0.4, 0.5) is 0 Å². The predicted molar refractivity (Wildman–Crippen MR) is 73.2 cm³/mol. The minimum atomic E-state index is -2.94. The number of hydrogen-bond donors (Lipinski definition) is 1. The molecule has 1 aromatic heterocycles. The maximum absolute atomic E-state index is 11.7. The molecule has 18 heavy (non-hydrogen) atoms. The first-order valence-corrected chi connectivity index (χ1v) is 8.28. The van der Waals surface area contributed by atoms with Gasteiger partial charge in [-0.2, -0.15) is 0 Å². The fourth-order valence-electron chi connectivity index (χ4n) is 1.75. The summed E-state index contributed by atoms with van der Waals surface area (Å²) in [7, 11) is -2.94. The van der Waals surface area contributed by atoms with Crippen LogP contribution in [0.15, 0.2) is 18.5 Å². The van der Waals surface area contributed by atoms with E-state index in [2.05, 4.69) is 11.4 Å². The fourth-order valence-corrected chi connectivity index (χ4v) is 2.69. The highest BCUT2D eigenvalue weighted by molar-refractivity contribution is 7.91. The van der Waals surface area contributed by atoms with Crippen molar-refractivity contribution in [3.8, 4) is 0 Å². The van der Waals surface area contributed by atoms with E-state index in [1.165, 1.54) is 18.4 Å². The maximum atomic E-state index is 11.7. The number of nitrogens with one attached hydrogen (secondary N) is 1. The largest absolute Gasteiger partial charge is 0.353 e. The summed E-state index contributed by atoms with van der Waals surface area (Å²) in [5, 5.41) is 3.16. The zero-order valence-corrected chi connectivity index (χ0v) is 11.9. The van der Waals surface area contributed by atoms with E-state index in [0.717, 1.165) is 6.54 Å². The number of nitrogens with zero attached hydrogens (tertiary/aromatic N) is 1. The van der Waals surface area contributed by atoms with Crippen LogP contribution >= 0.6 is 0 Å².